The normalized spacial score (nSPS) is 29.3. The van der Waals surface area contributed by atoms with Gasteiger partial charge in [-0.15, -0.1) is 0 Å². The molecular weight excluding hydrogens is 264 g/mol. The van der Waals surface area contributed by atoms with Crippen molar-refractivity contribution in [2.45, 2.75) is 77.6 Å². The quantitative estimate of drug-likeness (QED) is 0.478. The third-order valence-corrected chi connectivity index (χ3v) is 6.37. The minimum atomic E-state index is -1.45. The highest BCUT2D eigenvalue weighted by Gasteiger charge is 2.35. The fraction of sp³-hybridized carbons (Fsp3) is 0.875. The van der Waals surface area contributed by atoms with Gasteiger partial charge in [-0.3, -0.25) is 0 Å². The maximum atomic E-state index is 6.49. The van der Waals surface area contributed by atoms with Crippen LogP contribution in [0.25, 0.3) is 0 Å². The van der Waals surface area contributed by atoms with E-state index in [0.29, 0.717) is 12.0 Å². The van der Waals surface area contributed by atoms with E-state index in [9.17, 15) is 0 Å². The molecule has 0 aliphatic heterocycles. The third-order valence-electron chi connectivity index (χ3n) is 3.84. The molecule has 3 heteroatoms. The summed E-state index contributed by atoms with van der Waals surface area (Å²) in [6.07, 6.45) is 4.32. The topological polar surface area (TPSA) is 9.23 Å². The Kier molecular flexibility index (Phi) is 5.67. The zero-order valence-corrected chi connectivity index (χ0v) is 16.2. The summed E-state index contributed by atoms with van der Waals surface area (Å²) in [5, 5.41) is 0. The van der Waals surface area contributed by atoms with Crippen molar-refractivity contribution in [3.8, 4) is 0 Å². The van der Waals surface area contributed by atoms with Crippen LogP contribution in [-0.4, -0.2) is 22.5 Å². The van der Waals surface area contributed by atoms with Crippen LogP contribution >= 0.6 is 0 Å². The maximum absolute atomic E-state index is 6.49. The molecule has 0 radical (unpaired) electrons. The Balaban J connectivity index is 2.74. The van der Waals surface area contributed by atoms with Crippen molar-refractivity contribution in [1.29, 1.82) is 0 Å². The minimum Gasteiger partial charge on any atom is -0.414 e. The molecule has 0 aromatic rings. The summed E-state index contributed by atoms with van der Waals surface area (Å²) in [5.74, 6) is 1.44. The maximum Gasteiger partial charge on any atom is 0.184 e. The summed E-state index contributed by atoms with van der Waals surface area (Å²) >= 11 is 0. The minimum absolute atomic E-state index is 0.444. The average molecular weight is 299 g/mol. The Hall–Kier alpha value is 0.134. The number of rotatable bonds is 5. The Bertz CT molecular complexity index is 312. The first-order valence-corrected chi connectivity index (χ1v) is 14.9. The van der Waals surface area contributed by atoms with Crippen molar-refractivity contribution < 1.29 is 4.43 Å². The van der Waals surface area contributed by atoms with Crippen LogP contribution in [0.3, 0.4) is 0 Å². The molecule has 1 rings (SSSR count). The van der Waals surface area contributed by atoms with E-state index in [2.05, 4.69) is 52.8 Å². The Morgan fingerprint density at radius 2 is 1.68 bits per heavy atom. The van der Waals surface area contributed by atoms with Crippen LogP contribution in [0.2, 0.25) is 45.3 Å². The average Bonchev–Trinajstić information content (AvgIpc) is 2.11. The van der Waals surface area contributed by atoms with Gasteiger partial charge in [-0.05, 0) is 50.9 Å². The largest absolute Gasteiger partial charge is 0.414 e. The van der Waals surface area contributed by atoms with E-state index < -0.39 is 16.4 Å². The molecule has 0 aromatic heterocycles. The predicted octanol–water partition coefficient (Wildman–Crippen LogP) is 5.54. The van der Waals surface area contributed by atoms with Crippen molar-refractivity contribution in [3.63, 3.8) is 0 Å². The highest BCUT2D eigenvalue weighted by molar-refractivity contribution is 6.76. The molecule has 0 spiro atoms. The lowest BCUT2D eigenvalue weighted by atomic mass is 9.78. The van der Waals surface area contributed by atoms with E-state index >= 15 is 0 Å². The zero-order valence-electron chi connectivity index (χ0n) is 14.2. The zero-order chi connectivity index (χ0) is 14.8. The lowest BCUT2D eigenvalue weighted by Crippen LogP contribution is -2.41. The van der Waals surface area contributed by atoms with Crippen molar-refractivity contribution in [2.75, 3.05) is 0 Å². The molecule has 1 saturated carbocycles. The first kappa shape index (κ1) is 17.2. The van der Waals surface area contributed by atoms with E-state index in [1.54, 1.807) is 0 Å². The summed E-state index contributed by atoms with van der Waals surface area (Å²) in [6, 6.07) is 1.26. The van der Waals surface area contributed by atoms with Crippen LogP contribution in [0.15, 0.2) is 12.2 Å². The van der Waals surface area contributed by atoms with Gasteiger partial charge in [0.2, 0.25) is 0 Å². The van der Waals surface area contributed by atoms with Gasteiger partial charge >= 0.3 is 0 Å². The van der Waals surface area contributed by atoms with Gasteiger partial charge in [0.25, 0.3) is 0 Å². The molecule has 0 saturated heterocycles. The highest BCUT2D eigenvalue weighted by Crippen LogP contribution is 2.38. The van der Waals surface area contributed by atoms with Crippen molar-refractivity contribution in [3.05, 3.63) is 12.2 Å². The molecule has 1 aliphatic rings. The lowest BCUT2D eigenvalue weighted by Gasteiger charge is -2.40. The standard InChI is InChI=1S/C16H34OSi2/c1-13-9-10-15(14(2)12-18(3,4)5)16(11-13)17-19(6,7)8/h13,15-16H,2,9-12H2,1,3-8H3/t13-,15+,16-/m1/s1. The van der Waals surface area contributed by atoms with Crippen LogP contribution < -0.4 is 0 Å². The van der Waals surface area contributed by atoms with Gasteiger partial charge in [0.15, 0.2) is 8.32 Å². The van der Waals surface area contributed by atoms with Crippen LogP contribution in [0, 0.1) is 11.8 Å². The van der Waals surface area contributed by atoms with Gasteiger partial charge < -0.3 is 4.43 Å². The van der Waals surface area contributed by atoms with Gasteiger partial charge in [0.1, 0.15) is 0 Å². The molecule has 0 bridgehead atoms. The summed E-state index contributed by atoms with van der Waals surface area (Å²) in [5.41, 5.74) is 1.48. The van der Waals surface area contributed by atoms with Gasteiger partial charge in [-0.25, -0.2) is 0 Å². The molecule has 0 aromatic carbocycles. The predicted molar refractivity (Wildman–Crippen MR) is 92.0 cm³/mol. The van der Waals surface area contributed by atoms with E-state index in [1.165, 1.54) is 30.9 Å². The van der Waals surface area contributed by atoms with Crippen LogP contribution in [0.4, 0.5) is 0 Å². The first-order chi connectivity index (χ1) is 8.48. The molecule has 1 nitrogen and oxygen atoms in total. The second-order valence-corrected chi connectivity index (χ2v) is 18.6. The summed E-state index contributed by atoms with van der Waals surface area (Å²) in [4.78, 5) is 0. The van der Waals surface area contributed by atoms with Gasteiger partial charge in [-0.1, -0.05) is 38.7 Å². The Morgan fingerprint density at radius 3 is 2.16 bits per heavy atom. The van der Waals surface area contributed by atoms with Crippen molar-refractivity contribution in [2.24, 2.45) is 11.8 Å². The number of hydrogen-bond donors (Lipinski definition) is 0. The van der Waals surface area contributed by atoms with Crippen molar-refractivity contribution >= 4 is 16.4 Å². The second kappa shape index (κ2) is 6.27. The van der Waals surface area contributed by atoms with E-state index in [1.807, 2.05) is 0 Å². The molecule has 3 atom stereocenters. The summed E-state index contributed by atoms with van der Waals surface area (Å²) < 4.78 is 6.49. The van der Waals surface area contributed by atoms with Gasteiger partial charge in [0, 0.05) is 14.0 Å². The molecule has 1 aliphatic carbocycles. The fourth-order valence-electron chi connectivity index (χ4n) is 3.19. The van der Waals surface area contributed by atoms with E-state index in [0.717, 1.165) is 5.92 Å². The Labute approximate surface area is 123 Å². The van der Waals surface area contributed by atoms with Crippen molar-refractivity contribution in [1.82, 2.24) is 0 Å². The van der Waals surface area contributed by atoms with Gasteiger partial charge in [0.05, 0.1) is 6.10 Å². The molecule has 0 heterocycles. The lowest BCUT2D eigenvalue weighted by molar-refractivity contribution is 0.0811. The summed E-state index contributed by atoms with van der Waals surface area (Å²) in [6.45, 7) is 21.1. The SMILES string of the molecule is C=C(C[Si](C)(C)C)[C@@H]1CC[C@@H](C)C[C@H]1O[Si](C)(C)C. The molecule has 1 fully saturated rings. The highest BCUT2D eigenvalue weighted by atomic mass is 28.4. The third kappa shape index (κ3) is 6.41. The first-order valence-electron chi connectivity index (χ1n) is 7.83. The number of hydrogen-bond acceptors (Lipinski definition) is 1. The Morgan fingerprint density at radius 1 is 1.11 bits per heavy atom. The smallest absolute Gasteiger partial charge is 0.184 e. The van der Waals surface area contributed by atoms with E-state index in [-0.39, 0.29) is 0 Å². The van der Waals surface area contributed by atoms with Gasteiger partial charge in [-0.2, -0.15) is 0 Å². The van der Waals surface area contributed by atoms with Crippen LogP contribution in [-0.2, 0) is 4.43 Å². The molecule has 0 N–H and O–H groups in total. The van der Waals surface area contributed by atoms with Crippen LogP contribution in [0.1, 0.15) is 26.2 Å². The molecule has 19 heavy (non-hydrogen) atoms. The molecule has 0 amide bonds. The van der Waals surface area contributed by atoms with Crippen LogP contribution in [0.5, 0.6) is 0 Å². The summed E-state index contributed by atoms with van der Waals surface area (Å²) in [7, 11) is -2.50. The monoisotopic (exact) mass is 298 g/mol. The molecule has 0 unspecified atom stereocenters. The second-order valence-electron chi connectivity index (χ2n) is 8.69. The molecular formula is C16H34OSi2. The molecule has 112 valence electrons. The fourth-order valence-corrected chi connectivity index (χ4v) is 5.99. The van der Waals surface area contributed by atoms with E-state index in [4.69, 9.17) is 4.43 Å².